The molecule has 5 aromatic rings. The van der Waals surface area contributed by atoms with Gasteiger partial charge in [-0.3, -0.25) is 9.78 Å². The van der Waals surface area contributed by atoms with Crippen LogP contribution in [0.4, 0.5) is 11.5 Å². The topological polar surface area (TPSA) is 135 Å². The van der Waals surface area contributed by atoms with Crippen LogP contribution < -0.4 is 11.1 Å². The van der Waals surface area contributed by atoms with Gasteiger partial charge in [-0.05, 0) is 62.1 Å². The molecule has 39 heavy (non-hydrogen) atoms. The van der Waals surface area contributed by atoms with Crippen molar-refractivity contribution in [3.05, 3.63) is 96.1 Å². The van der Waals surface area contributed by atoms with Crippen LogP contribution in [0.25, 0.3) is 33.6 Å². The van der Waals surface area contributed by atoms with Crippen LogP contribution in [0.2, 0.25) is 0 Å². The number of pyridine rings is 1. The maximum atomic E-state index is 12.6. The number of carbonyl (C=O) groups excluding carboxylic acids is 1. The molecule has 3 heterocycles. The van der Waals surface area contributed by atoms with Gasteiger partial charge in [0.25, 0.3) is 5.91 Å². The van der Waals surface area contributed by atoms with E-state index in [9.17, 15) is 10.1 Å². The van der Waals surface area contributed by atoms with Crippen molar-refractivity contribution in [2.24, 2.45) is 5.92 Å². The minimum Gasteiger partial charge on any atom is -0.383 e. The fourth-order valence-corrected chi connectivity index (χ4v) is 4.35. The zero-order chi connectivity index (χ0) is 26.9. The average molecular weight is 513 g/mol. The number of hydrogen-bond acceptors (Lipinski definition) is 7. The molecule has 3 N–H and O–H groups in total. The van der Waals surface area contributed by atoms with E-state index >= 15 is 0 Å². The third-order valence-corrected chi connectivity index (χ3v) is 6.63. The highest BCUT2D eigenvalue weighted by Crippen LogP contribution is 2.34. The molecule has 9 nitrogen and oxygen atoms in total. The number of nitriles is 1. The number of anilines is 2. The Balaban J connectivity index is 1.35. The number of carbonyl (C=O) groups is 1. The van der Waals surface area contributed by atoms with E-state index in [1.807, 2.05) is 61.5 Å². The van der Waals surface area contributed by atoms with E-state index in [1.165, 1.54) is 6.33 Å². The maximum absolute atomic E-state index is 12.6. The minimum atomic E-state index is -0.184. The summed E-state index contributed by atoms with van der Waals surface area (Å²) in [6.45, 7) is 1.98. The largest absolute Gasteiger partial charge is 0.383 e. The van der Waals surface area contributed by atoms with Crippen LogP contribution in [0, 0.1) is 24.2 Å². The number of allylic oxidation sites excluding steroid dienone is 2. The van der Waals surface area contributed by atoms with E-state index in [0.29, 0.717) is 56.7 Å². The molecular formula is C30H24N8O. The molecule has 0 bridgehead atoms. The summed E-state index contributed by atoms with van der Waals surface area (Å²) in [6.07, 6.45) is 7.24. The highest BCUT2D eigenvalue weighted by Gasteiger charge is 2.21. The van der Waals surface area contributed by atoms with Gasteiger partial charge in [0.2, 0.25) is 0 Å². The first kappa shape index (κ1) is 24.0. The smallest absolute Gasteiger partial charge is 0.255 e. The number of aromatic nitrogens is 5. The van der Waals surface area contributed by atoms with E-state index in [1.54, 1.807) is 23.0 Å². The summed E-state index contributed by atoms with van der Waals surface area (Å²) in [6, 6.07) is 20.7. The number of amides is 1. The van der Waals surface area contributed by atoms with Crippen LogP contribution in [0.1, 0.15) is 34.5 Å². The summed E-state index contributed by atoms with van der Waals surface area (Å²) in [7, 11) is 0. The van der Waals surface area contributed by atoms with Gasteiger partial charge in [-0.1, -0.05) is 35.9 Å². The summed E-state index contributed by atoms with van der Waals surface area (Å²) >= 11 is 0. The highest BCUT2D eigenvalue weighted by molar-refractivity contribution is 6.04. The second kappa shape index (κ2) is 9.84. The van der Waals surface area contributed by atoms with Crippen molar-refractivity contribution in [1.82, 2.24) is 24.7 Å². The van der Waals surface area contributed by atoms with E-state index in [-0.39, 0.29) is 5.91 Å². The molecule has 6 rings (SSSR count). The van der Waals surface area contributed by atoms with Crippen molar-refractivity contribution in [2.45, 2.75) is 19.8 Å². The van der Waals surface area contributed by atoms with Crippen molar-refractivity contribution in [3.8, 4) is 23.0 Å². The second-order valence-electron chi connectivity index (χ2n) is 9.54. The van der Waals surface area contributed by atoms with Gasteiger partial charge in [0.1, 0.15) is 23.9 Å². The SMILES string of the molecule is Cc1ccc(C(=O)Nc2ccc(-c3nn(-c4ccnc(/C(C#N)=C/C5CC5)c4)c4ncnc(N)c34)cc2)cc1. The van der Waals surface area contributed by atoms with E-state index in [4.69, 9.17) is 10.8 Å². The summed E-state index contributed by atoms with van der Waals surface area (Å²) < 4.78 is 1.69. The van der Waals surface area contributed by atoms with Gasteiger partial charge in [-0.25, -0.2) is 14.6 Å². The van der Waals surface area contributed by atoms with Gasteiger partial charge in [0.05, 0.1) is 22.3 Å². The molecule has 0 unspecified atom stereocenters. The van der Waals surface area contributed by atoms with E-state index in [0.717, 1.165) is 24.0 Å². The molecule has 3 aromatic heterocycles. The first-order chi connectivity index (χ1) is 19.0. The highest BCUT2D eigenvalue weighted by atomic mass is 16.1. The number of fused-ring (bicyclic) bond motifs is 1. The summed E-state index contributed by atoms with van der Waals surface area (Å²) in [5.41, 5.74) is 12.4. The standard InChI is InChI=1S/C30H24N8O/c1-18-2-6-21(7-3-18)30(39)36-23-10-8-20(9-11-23)27-26-28(32)34-17-35-29(26)38(37-27)24-12-13-33-25(15-24)22(16-31)14-19-4-5-19/h2-3,6-15,17,19H,4-5H2,1H3,(H,36,39)(H2,32,34,35)/b22-14+. The molecule has 0 atom stereocenters. The Hall–Kier alpha value is -5.36. The quantitative estimate of drug-likeness (QED) is 0.293. The lowest BCUT2D eigenvalue weighted by molar-refractivity contribution is 0.102. The lowest BCUT2D eigenvalue weighted by Gasteiger charge is -2.07. The van der Waals surface area contributed by atoms with Crippen molar-refractivity contribution in [3.63, 3.8) is 0 Å². The number of nitrogens with zero attached hydrogens (tertiary/aromatic N) is 6. The van der Waals surface area contributed by atoms with Gasteiger partial charge in [-0.15, -0.1) is 0 Å². The Bertz CT molecular complexity index is 1780. The van der Waals surface area contributed by atoms with E-state index < -0.39 is 0 Å². The van der Waals surface area contributed by atoms with Crippen molar-refractivity contribution >= 4 is 34.0 Å². The Morgan fingerprint density at radius 1 is 1.08 bits per heavy atom. The lowest BCUT2D eigenvalue weighted by Crippen LogP contribution is -2.11. The first-order valence-corrected chi connectivity index (χ1v) is 12.6. The molecule has 1 saturated carbocycles. The molecule has 0 aliphatic heterocycles. The van der Waals surface area contributed by atoms with Crippen LogP contribution in [0.15, 0.2) is 79.3 Å². The maximum Gasteiger partial charge on any atom is 0.255 e. The molecule has 1 fully saturated rings. The molecule has 9 heteroatoms. The number of nitrogens with two attached hydrogens (primary N) is 1. The van der Waals surface area contributed by atoms with Crippen LogP contribution in [0.3, 0.4) is 0 Å². The fourth-order valence-electron chi connectivity index (χ4n) is 4.35. The Morgan fingerprint density at radius 2 is 1.85 bits per heavy atom. The third kappa shape index (κ3) is 4.83. The molecule has 1 amide bonds. The van der Waals surface area contributed by atoms with Crippen molar-refractivity contribution in [1.29, 1.82) is 5.26 Å². The van der Waals surface area contributed by atoms with Crippen molar-refractivity contribution in [2.75, 3.05) is 11.1 Å². The predicted molar refractivity (Wildman–Crippen MR) is 150 cm³/mol. The third-order valence-electron chi connectivity index (χ3n) is 6.63. The monoisotopic (exact) mass is 512 g/mol. The number of hydrogen-bond donors (Lipinski definition) is 2. The molecule has 0 saturated heterocycles. The zero-order valence-corrected chi connectivity index (χ0v) is 21.2. The van der Waals surface area contributed by atoms with Crippen LogP contribution in [-0.4, -0.2) is 30.6 Å². The number of aryl methyl sites for hydroxylation is 1. The van der Waals surface area contributed by atoms with Gasteiger partial charge in [0, 0.05) is 23.0 Å². The Morgan fingerprint density at radius 3 is 2.56 bits per heavy atom. The molecule has 2 aromatic carbocycles. The fraction of sp³-hybridized carbons (Fsp3) is 0.133. The van der Waals surface area contributed by atoms with Crippen LogP contribution >= 0.6 is 0 Å². The average Bonchev–Trinajstić information content (AvgIpc) is 3.70. The summed E-state index contributed by atoms with van der Waals surface area (Å²) in [5.74, 6) is 0.564. The van der Waals surface area contributed by atoms with Gasteiger partial charge < -0.3 is 11.1 Å². The second-order valence-corrected chi connectivity index (χ2v) is 9.54. The molecule has 0 spiro atoms. The molecular weight excluding hydrogens is 488 g/mol. The molecule has 1 aliphatic carbocycles. The molecule has 0 radical (unpaired) electrons. The van der Waals surface area contributed by atoms with Crippen LogP contribution in [-0.2, 0) is 0 Å². The summed E-state index contributed by atoms with van der Waals surface area (Å²) in [4.78, 5) is 25.7. The summed E-state index contributed by atoms with van der Waals surface area (Å²) in [5, 5.41) is 18.1. The minimum absolute atomic E-state index is 0.184. The van der Waals surface area contributed by atoms with Gasteiger partial charge >= 0.3 is 0 Å². The number of benzene rings is 2. The molecule has 1 aliphatic rings. The lowest BCUT2D eigenvalue weighted by atomic mass is 10.1. The number of rotatable bonds is 6. The normalized spacial score (nSPS) is 13.3. The zero-order valence-electron chi connectivity index (χ0n) is 21.2. The first-order valence-electron chi connectivity index (χ1n) is 12.6. The number of nitrogens with one attached hydrogen (secondary N) is 1. The Kier molecular flexibility index (Phi) is 6.05. The molecule has 190 valence electrons. The Labute approximate surface area is 224 Å². The van der Waals surface area contributed by atoms with Gasteiger partial charge in [0.15, 0.2) is 5.65 Å². The van der Waals surface area contributed by atoms with E-state index in [2.05, 4.69) is 26.3 Å². The van der Waals surface area contributed by atoms with Crippen LogP contribution in [0.5, 0.6) is 0 Å². The van der Waals surface area contributed by atoms with Gasteiger partial charge in [-0.2, -0.15) is 10.4 Å². The predicted octanol–water partition coefficient (Wildman–Crippen LogP) is 5.34. The number of nitrogen functional groups attached to an aromatic ring is 1. The van der Waals surface area contributed by atoms with Crippen molar-refractivity contribution < 1.29 is 4.79 Å².